The maximum absolute atomic E-state index is 14.9. The fraction of sp³-hybridized carbons (Fsp3) is 0.304. The number of rotatable bonds is 5. The van der Waals surface area contributed by atoms with Crippen molar-refractivity contribution in [1.29, 1.82) is 0 Å². The first kappa shape index (κ1) is 19.9. The molecule has 2 amide bonds. The van der Waals surface area contributed by atoms with E-state index in [9.17, 15) is 14.0 Å². The third kappa shape index (κ3) is 4.15. The van der Waals surface area contributed by atoms with Gasteiger partial charge in [-0.3, -0.25) is 9.69 Å². The smallest absolute Gasteiger partial charge is 0.414 e. The molecule has 2 aliphatic heterocycles. The number of anilines is 2. The van der Waals surface area contributed by atoms with Gasteiger partial charge in [0, 0.05) is 13.1 Å². The maximum Gasteiger partial charge on any atom is 0.414 e. The first-order chi connectivity index (χ1) is 14.5. The number of fused-ring (bicyclic) bond motifs is 1. The first-order valence-corrected chi connectivity index (χ1v) is 10.0. The second-order valence-electron chi connectivity index (χ2n) is 7.44. The highest BCUT2D eigenvalue weighted by atomic mass is 19.1. The van der Waals surface area contributed by atoms with Crippen molar-refractivity contribution in [2.75, 3.05) is 29.4 Å². The predicted molar refractivity (Wildman–Crippen MR) is 113 cm³/mol. The molecule has 1 N–H and O–H groups in total. The van der Waals surface area contributed by atoms with Crippen LogP contribution in [0.1, 0.15) is 18.1 Å². The van der Waals surface area contributed by atoms with E-state index in [0.717, 1.165) is 13.0 Å². The Morgan fingerprint density at radius 3 is 2.83 bits per heavy atom. The van der Waals surface area contributed by atoms with Gasteiger partial charge in [-0.1, -0.05) is 30.3 Å². The summed E-state index contributed by atoms with van der Waals surface area (Å²) in [7, 11) is 0. The van der Waals surface area contributed by atoms with Crippen LogP contribution in [-0.4, -0.2) is 37.7 Å². The van der Waals surface area contributed by atoms with Crippen molar-refractivity contribution in [3.8, 4) is 0 Å². The van der Waals surface area contributed by atoms with Gasteiger partial charge < -0.3 is 15.0 Å². The number of carbonyl (C=O) groups is 2. The molecule has 1 fully saturated rings. The number of carbonyl (C=O) groups excluding carboxylic acids is 2. The Kier molecular flexibility index (Phi) is 5.70. The molecule has 0 aliphatic carbocycles. The van der Waals surface area contributed by atoms with Gasteiger partial charge in [0.15, 0.2) is 0 Å². The van der Waals surface area contributed by atoms with E-state index in [-0.39, 0.29) is 24.8 Å². The van der Waals surface area contributed by atoms with E-state index in [2.05, 4.69) is 17.4 Å². The first-order valence-electron chi connectivity index (χ1n) is 10.0. The van der Waals surface area contributed by atoms with Gasteiger partial charge in [-0.25, -0.2) is 9.18 Å². The largest absolute Gasteiger partial charge is 0.442 e. The standard InChI is InChI=1S/C23H24FN3O3/c1-2-5-22(28)25-13-19-15-27(23(29)30-19)18-8-9-21(20(24)12-18)26-11-10-16-6-3-4-7-17(16)14-26/h2-9,12,19H,10-11,13-15H2,1H3,(H,25,28)/b5-2-/t19-/m0/s1. The summed E-state index contributed by atoms with van der Waals surface area (Å²) in [6, 6.07) is 13.0. The summed E-state index contributed by atoms with van der Waals surface area (Å²) in [4.78, 5) is 27.2. The lowest BCUT2D eigenvalue weighted by Crippen LogP contribution is -2.33. The van der Waals surface area contributed by atoms with Crippen molar-refractivity contribution in [2.24, 2.45) is 0 Å². The molecule has 1 saturated heterocycles. The summed E-state index contributed by atoms with van der Waals surface area (Å²) in [6.45, 7) is 3.61. The van der Waals surface area contributed by atoms with Crippen LogP contribution in [0.5, 0.6) is 0 Å². The Hall–Kier alpha value is -3.35. The molecule has 0 bridgehead atoms. The quantitative estimate of drug-likeness (QED) is 0.769. The number of ether oxygens (including phenoxy) is 1. The molecule has 1 atom stereocenters. The highest BCUT2D eigenvalue weighted by Gasteiger charge is 2.33. The molecule has 2 aliphatic rings. The SMILES string of the molecule is C/C=C\C(=O)NC[C@H]1CN(c2ccc(N3CCc4ccccc4C3)c(F)c2)C(=O)O1. The number of allylic oxidation sites excluding steroid dienone is 1. The lowest BCUT2D eigenvalue weighted by atomic mass is 9.99. The number of nitrogens with zero attached hydrogens (tertiary/aromatic N) is 2. The lowest BCUT2D eigenvalue weighted by molar-refractivity contribution is -0.116. The van der Waals surface area contributed by atoms with Crippen LogP contribution < -0.4 is 15.1 Å². The van der Waals surface area contributed by atoms with Crippen LogP contribution in [0.2, 0.25) is 0 Å². The molecule has 0 unspecified atom stereocenters. The Bertz CT molecular complexity index is 991. The number of halogens is 1. The summed E-state index contributed by atoms with van der Waals surface area (Å²) in [6.07, 6.45) is 2.89. The molecule has 30 heavy (non-hydrogen) atoms. The second kappa shape index (κ2) is 8.57. The van der Waals surface area contributed by atoms with Crippen LogP contribution in [-0.2, 0) is 22.5 Å². The minimum Gasteiger partial charge on any atom is -0.442 e. The van der Waals surface area contributed by atoms with E-state index in [4.69, 9.17) is 4.74 Å². The van der Waals surface area contributed by atoms with Gasteiger partial charge in [-0.05, 0) is 48.7 Å². The molecular weight excluding hydrogens is 385 g/mol. The van der Waals surface area contributed by atoms with Gasteiger partial charge in [0.2, 0.25) is 5.91 Å². The number of nitrogens with one attached hydrogen (secondary N) is 1. The average Bonchev–Trinajstić information content (AvgIpc) is 3.12. The van der Waals surface area contributed by atoms with Gasteiger partial charge in [0.05, 0.1) is 24.5 Å². The van der Waals surface area contributed by atoms with Gasteiger partial charge in [0.1, 0.15) is 11.9 Å². The maximum atomic E-state index is 14.9. The van der Waals surface area contributed by atoms with Crippen LogP contribution in [0.4, 0.5) is 20.6 Å². The fourth-order valence-electron chi connectivity index (χ4n) is 3.88. The number of benzene rings is 2. The lowest BCUT2D eigenvalue weighted by Gasteiger charge is -2.31. The van der Waals surface area contributed by atoms with E-state index >= 15 is 0 Å². The molecule has 0 saturated carbocycles. The third-order valence-electron chi connectivity index (χ3n) is 5.41. The molecule has 0 aromatic heterocycles. The van der Waals surface area contributed by atoms with Gasteiger partial charge in [-0.2, -0.15) is 0 Å². The van der Waals surface area contributed by atoms with Gasteiger partial charge >= 0.3 is 6.09 Å². The summed E-state index contributed by atoms with van der Waals surface area (Å²) < 4.78 is 20.2. The Morgan fingerprint density at radius 1 is 1.27 bits per heavy atom. The monoisotopic (exact) mass is 409 g/mol. The molecular formula is C23H24FN3O3. The van der Waals surface area contributed by atoms with Crippen molar-refractivity contribution < 1.29 is 18.7 Å². The number of amides is 2. The van der Waals surface area contributed by atoms with Crippen molar-refractivity contribution in [2.45, 2.75) is 26.0 Å². The zero-order valence-electron chi connectivity index (χ0n) is 16.8. The molecule has 7 heteroatoms. The Labute approximate surface area is 174 Å². The molecule has 0 spiro atoms. The molecule has 4 rings (SSSR count). The van der Waals surface area contributed by atoms with Crippen LogP contribution in [0.15, 0.2) is 54.6 Å². The fourth-order valence-corrected chi connectivity index (χ4v) is 3.88. The Balaban J connectivity index is 1.43. The summed E-state index contributed by atoms with van der Waals surface area (Å²) >= 11 is 0. The van der Waals surface area contributed by atoms with E-state index in [1.807, 2.05) is 17.0 Å². The zero-order valence-corrected chi connectivity index (χ0v) is 16.8. The van der Waals surface area contributed by atoms with Crippen LogP contribution in [0.25, 0.3) is 0 Å². The highest BCUT2D eigenvalue weighted by Crippen LogP contribution is 2.30. The van der Waals surface area contributed by atoms with Gasteiger partial charge in [-0.15, -0.1) is 0 Å². The Morgan fingerprint density at radius 2 is 2.07 bits per heavy atom. The minimum absolute atomic E-state index is 0.208. The molecule has 2 heterocycles. The van der Waals surface area contributed by atoms with Gasteiger partial charge in [0.25, 0.3) is 0 Å². The molecule has 6 nitrogen and oxygen atoms in total. The van der Waals surface area contributed by atoms with Crippen molar-refractivity contribution in [3.63, 3.8) is 0 Å². The third-order valence-corrected chi connectivity index (χ3v) is 5.41. The number of hydrogen-bond acceptors (Lipinski definition) is 4. The van der Waals surface area contributed by atoms with Crippen molar-refractivity contribution >= 4 is 23.4 Å². The van der Waals surface area contributed by atoms with E-state index in [1.165, 1.54) is 28.2 Å². The van der Waals surface area contributed by atoms with Crippen LogP contribution in [0, 0.1) is 5.82 Å². The zero-order chi connectivity index (χ0) is 21.1. The summed E-state index contributed by atoms with van der Waals surface area (Å²) in [5.74, 6) is -0.616. The summed E-state index contributed by atoms with van der Waals surface area (Å²) in [5.41, 5.74) is 3.48. The predicted octanol–water partition coefficient (Wildman–Crippen LogP) is 3.41. The second-order valence-corrected chi connectivity index (χ2v) is 7.44. The van der Waals surface area contributed by atoms with Crippen LogP contribution in [0.3, 0.4) is 0 Å². The van der Waals surface area contributed by atoms with Crippen LogP contribution >= 0.6 is 0 Å². The van der Waals surface area contributed by atoms with Crippen molar-refractivity contribution in [1.82, 2.24) is 5.32 Å². The summed E-state index contributed by atoms with van der Waals surface area (Å²) in [5, 5.41) is 2.68. The minimum atomic E-state index is -0.542. The average molecular weight is 409 g/mol. The van der Waals surface area contributed by atoms with Crippen molar-refractivity contribution in [3.05, 3.63) is 71.6 Å². The topological polar surface area (TPSA) is 61.9 Å². The van der Waals surface area contributed by atoms with E-state index < -0.39 is 12.2 Å². The molecule has 2 aromatic carbocycles. The normalized spacial score (nSPS) is 18.5. The molecule has 156 valence electrons. The number of cyclic esters (lactones) is 1. The highest BCUT2D eigenvalue weighted by molar-refractivity contribution is 5.90. The number of hydrogen-bond donors (Lipinski definition) is 1. The molecule has 2 aromatic rings. The molecule has 0 radical (unpaired) electrons. The van der Waals surface area contributed by atoms with E-state index in [1.54, 1.807) is 25.1 Å². The van der Waals surface area contributed by atoms with E-state index in [0.29, 0.717) is 17.9 Å².